The van der Waals surface area contributed by atoms with Gasteiger partial charge in [0.1, 0.15) is 0 Å². The van der Waals surface area contributed by atoms with Crippen molar-refractivity contribution in [1.29, 1.82) is 0 Å². The lowest BCUT2D eigenvalue weighted by atomic mass is 9.93. The number of fused-ring (bicyclic) bond motifs is 1. The van der Waals surface area contributed by atoms with Gasteiger partial charge >= 0.3 is 0 Å². The third kappa shape index (κ3) is 6.08. The van der Waals surface area contributed by atoms with Crippen LogP contribution in [0.4, 0.5) is 5.69 Å². The lowest BCUT2D eigenvalue weighted by Gasteiger charge is -2.17. The van der Waals surface area contributed by atoms with Crippen molar-refractivity contribution in [3.63, 3.8) is 0 Å². The van der Waals surface area contributed by atoms with E-state index in [9.17, 15) is 23.3 Å². The lowest BCUT2D eigenvalue weighted by Crippen LogP contribution is -2.22. The van der Waals surface area contributed by atoms with Crippen molar-refractivity contribution in [1.82, 2.24) is 5.43 Å². The van der Waals surface area contributed by atoms with E-state index in [2.05, 4.69) is 10.5 Å². The number of rotatable bonds is 9. The minimum atomic E-state index is -3.69. The normalized spacial score (nSPS) is 14.1. The number of hydrogen-bond donors (Lipinski definition) is 1. The molecule has 12 heteroatoms. The highest BCUT2D eigenvalue weighted by molar-refractivity contribution is 7.86. The fraction of sp³-hybridized carbons (Fsp3) is 0.364. The second-order valence-corrected chi connectivity index (χ2v) is 9.39. The number of nitrogens with one attached hydrogen (secondary N) is 1. The Morgan fingerprint density at radius 1 is 1.26 bits per heavy atom. The van der Waals surface area contributed by atoms with Crippen molar-refractivity contribution in [3.05, 3.63) is 62.7 Å². The smallest absolute Gasteiger partial charge is 0.272 e. The molecule has 1 aliphatic rings. The van der Waals surface area contributed by atoms with Gasteiger partial charge in [-0.15, -0.1) is 0 Å². The van der Waals surface area contributed by atoms with E-state index in [0.29, 0.717) is 39.5 Å². The number of nitro groups is 1. The number of hydrogen-bond acceptors (Lipinski definition) is 9. The van der Waals surface area contributed by atoms with E-state index in [4.69, 9.17) is 13.7 Å². The number of hydrazone groups is 1. The van der Waals surface area contributed by atoms with E-state index in [1.165, 1.54) is 12.1 Å². The molecule has 2 aromatic rings. The SMILES string of the molecule is CCC(=O)NN=C(c1ccc([N+](=O)[O-])c(C)c1)c1cc2c(cc1C[C@H](C)OS(C)(=O)=O)OCO2. The number of ether oxygens (including phenoxy) is 2. The molecule has 1 amide bonds. The van der Waals surface area contributed by atoms with Gasteiger partial charge in [-0.05, 0) is 43.7 Å². The van der Waals surface area contributed by atoms with Crippen LogP contribution in [0.5, 0.6) is 11.5 Å². The van der Waals surface area contributed by atoms with E-state index in [1.807, 2.05) is 0 Å². The van der Waals surface area contributed by atoms with Gasteiger partial charge < -0.3 is 9.47 Å². The molecule has 2 aromatic carbocycles. The van der Waals surface area contributed by atoms with Crippen LogP contribution in [0, 0.1) is 17.0 Å². The third-order valence-electron chi connectivity index (χ3n) is 4.98. The van der Waals surface area contributed by atoms with Gasteiger partial charge in [0.25, 0.3) is 15.8 Å². The molecule has 1 atom stereocenters. The molecular weight excluding hydrogens is 466 g/mol. The van der Waals surface area contributed by atoms with Crippen LogP contribution in [0.1, 0.15) is 42.5 Å². The second-order valence-electron chi connectivity index (χ2n) is 7.79. The van der Waals surface area contributed by atoms with Crippen LogP contribution >= 0.6 is 0 Å². The summed E-state index contributed by atoms with van der Waals surface area (Å²) in [4.78, 5) is 22.7. The predicted octanol–water partition coefficient (Wildman–Crippen LogP) is 2.82. The molecule has 3 rings (SSSR count). The lowest BCUT2D eigenvalue weighted by molar-refractivity contribution is -0.385. The average Bonchev–Trinajstić information content (AvgIpc) is 3.19. The van der Waals surface area contributed by atoms with Crippen LogP contribution in [0.3, 0.4) is 0 Å². The van der Waals surface area contributed by atoms with Gasteiger partial charge in [0.05, 0.1) is 23.0 Å². The highest BCUT2D eigenvalue weighted by atomic mass is 32.2. The van der Waals surface area contributed by atoms with Crippen molar-refractivity contribution < 1.29 is 31.8 Å². The Balaban J connectivity index is 2.15. The quantitative estimate of drug-likeness (QED) is 0.244. The zero-order chi connectivity index (χ0) is 25.0. The summed E-state index contributed by atoms with van der Waals surface area (Å²) in [6.07, 6.45) is 0.630. The average molecular weight is 492 g/mol. The molecule has 1 aliphatic heterocycles. The first-order valence-electron chi connectivity index (χ1n) is 10.4. The van der Waals surface area contributed by atoms with Crippen LogP contribution in [0.25, 0.3) is 0 Å². The highest BCUT2D eigenvalue weighted by Crippen LogP contribution is 2.37. The van der Waals surface area contributed by atoms with Gasteiger partial charge in [-0.3, -0.25) is 19.1 Å². The summed E-state index contributed by atoms with van der Waals surface area (Å²) >= 11 is 0. The van der Waals surface area contributed by atoms with Gasteiger partial charge in [0, 0.05) is 35.6 Å². The molecule has 0 fully saturated rings. The van der Waals surface area contributed by atoms with Gasteiger partial charge in [-0.2, -0.15) is 13.5 Å². The zero-order valence-corrected chi connectivity index (χ0v) is 20.0. The van der Waals surface area contributed by atoms with Gasteiger partial charge in [0.2, 0.25) is 12.7 Å². The number of benzene rings is 2. The Labute approximate surface area is 197 Å². The van der Waals surface area contributed by atoms with Crippen molar-refractivity contribution in [2.75, 3.05) is 13.0 Å². The van der Waals surface area contributed by atoms with Crippen LogP contribution in [0.2, 0.25) is 0 Å². The van der Waals surface area contributed by atoms with E-state index in [-0.39, 0.29) is 31.2 Å². The van der Waals surface area contributed by atoms with Crippen LogP contribution in [-0.4, -0.2) is 44.1 Å². The maximum absolute atomic E-state index is 12.0. The number of carbonyl (C=O) groups excluding carboxylic acids is 1. The molecule has 1 N–H and O–H groups in total. The standard InChI is InChI=1S/C22H25N3O8S/c1-5-21(26)23-24-22(15-6-7-18(25(27)28)13(2)8-15)17-11-20-19(31-12-32-20)10-16(17)9-14(3)33-34(4,29)30/h6-8,10-11,14H,5,9,12H2,1-4H3,(H,23,26)/t14-/m0/s1. The molecule has 0 unspecified atom stereocenters. The summed E-state index contributed by atoms with van der Waals surface area (Å²) in [5.41, 5.74) is 4.83. The Morgan fingerprint density at radius 2 is 1.94 bits per heavy atom. The molecule has 0 spiro atoms. The predicted molar refractivity (Wildman–Crippen MR) is 124 cm³/mol. The molecule has 0 bridgehead atoms. The van der Waals surface area contributed by atoms with Crippen LogP contribution < -0.4 is 14.9 Å². The first-order chi connectivity index (χ1) is 16.0. The number of amides is 1. The molecule has 1 heterocycles. The van der Waals surface area contributed by atoms with Crippen LogP contribution in [-0.2, 0) is 25.5 Å². The summed E-state index contributed by atoms with van der Waals surface area (Å²) in [6.45, 7) is 4.91. The summed E-state index contributed by atoms with van der Waals surface area (Å²) in [5.74, 6) is 0.595. The number of nitrogens with zero attached hydrogens (tertiary/aromatic N) is 2. The maximum atomic E-state index is 12.0. The Kier molecular flexibility index (Phi) is 7.52. The van der Waals surface area contributed by atoms with Gasteiger partial charge in [-0.25, -0.2) is 5.43 Å². The third-order valence-corrected chi connectivity index (χ3v) is 5.66. The molecule has 0 aliphatic carbocycles. The summed E-state index contributed by atoms with van der Waals surface area (Å²) < 4.78 is 39.3. The minimum absolute atomic E-state index is 0.0172. The van der Waals surface area contributed by atoms with Gasteiger partial charge in [0.15, 0.2) is 11.5 Å². The zero-order valence-electron chi connectivity index (χ0n) is 19.2. The maximum Gasteiger partial charge on any atom is 0.272 e. The van der Waals surface area contributed by atoms with Gasteiger partial charge in [-0.1, -0.05) is 6.92 Å². The monoisotopic (exact) mass is 491 g/mol. The Morgan fingerprint density at radius 3 is 2.53 bits per heavy atom. The molecule has 0 saturated heterocycles. The van der Waals surface area contributed by atoms with Crippen molar-refractivity contribution in [3.8, 4) is 11.5 Å². The first-order valence-corrected chi connectivity index (χ1v) is 12.2. The first kappa shape index (κ1) is 25.1. The van der Waals surface area contributed by atoms with Crippen molar-refractivity contribution in [2.45, 2.75) is 39.7 Å². The summed E-state index contributed by atoms with van der Waals surface area (Å²) in [6, 6.07) is 7.88. The molecule has 0 radical (unpaired) electrons. The topological polar surface area (TPSA) is 146 Å². The Hall–Kier alpha value is -3.51. The van der Waals surface area contributed by atoms with E-state index in [0.717, 1.165) is 6.26 Å². The molecule has 0 aromatic heterocycles. The number of nitro benzene ring substituents is 1. The molecule has 11 nitrogen and oxygen atoms in total. The largest absolute Gasteiger partial charge is 0.454 e. The Bertz CT molecular complexity index is 1260. The number of carbonyl (C=O) groups is 1. The minimum Gasteiger partial charge on any atom is -0.454 e. The molecular formula is C22H25N3O8S. The van der Waals surface area contributed by atoms with E-state index >= 15 is 0 Å². The second kappa shape index (κ2) is 10.2. The fourth-order valence-electron chi connectivity index (χ4n) is 3.50. The van der Waals surface area contributed by atoms with Crippen molar-refractivity contribution in [2.24, 2.45) is 5.10 Å². The summed E-state index contributed by atoms with van der Waals surface area (Å²) in [7, 11) is -3.69. The summed E-state index contributed by atoms with van der Waals surface area (Å²) in [5, 5.41) is 15.6. The van der Waals surface area contributed by atoms with Crippen molar-refractivity contribution >= 4 is 27.4 Å². The van der Waals surface area contributed by atoms with Crippen LogP contribution in [0.15, 0.2) is 35.4 Å². The molecule has 182 valence electrons. The van der Waals surface area contributed by atoms with E-state index < -0.39 is 21.1 Å². The highest BCUT2D eigenvalue weighted by Gasteiger charge is 2.24. The molecule has 34 heavy (non-hydrogen) atoms. The fourth-order valence-corrected chi connectivity index (χ4v) is 4.17. The number of aryl methyl sites for hydroxylation is 1. The van der Waals surface area contributed by atoms with E-state index in [1.54, 1.807) is 39.0 Å². The molecule has 0 saturated carbocycles.